The molecule has 1 aliphatic rings. The first-order valence-electron chi connectivity index (χ1n) is 4.54. The van der Waals surface area contributed by atoms with Gasteiger partial charge in [-0.15, -0.1) is 0 Å². The number of carbonyl (C=O) groups excluding carboxylic acids is 1. The lowest BCUT2D eigenvalue weighted by molar-refractivity contribution is 0.0994. The second-order valence-corrected chi connectivity index (χ2v) is 4.32. The van der Waals surface area contributed by atoms with Crippen molar-refractivity contribution in [2.75, 3.05) is 7.11 Å². The summed E-state index contributed by atoms with van der Waals surface area (Å²) in [6.45, 7) is 1.94. The summed E-state index contributed by atoms with van der Waals surface area (Å²) >= 11 is 3.47. The van der Waals surface area contributed by atoms with Crippen molar-refractivity contribution in [2.24, 2.45) is 0 Å². The Labute approximate surface area is 91.4 Å². The van der Waals surface area contributed by atoms with Gasteiger partial charge in [0.15, 0.2) is 5.78 Å². The van der Waals surface area contributed by atoms with E-state index in [0.29, 0.717) is 6.42 Å². The molecule has 0 atom stereocenters. The van der Waals surface area contributed by atoms with E-state index in [-0.39, 0.29) is 5.78 Å². The number of fused-ring (bicyclic) bond motifs is 1. The predicted molar refractivity (Wildman–Crippen MR) is 58.1 cm³/mol. The van der Waals surface area contributed by atoms with Gasteiger partial charge in [-0.1, -0.05) is 15.9 Å². The van der Waals surface area contributed by atoms with Gasteiger partial charge in [-0.25, -0.2) is 0 Å². The third kappa shape index (κ3) is 1.27. The van der Waals surface area contributed by atoms with Crippen LogP contribution in [0.5, 0.6) is 5.75 Å². The predicted octanol–water partition coefficient (Wildman–Crippen LogP) is 2.90. The van der Waals surface area contributed by atoms with Crippen LogP contribution in [-0.2, 0) is 6.42 Å². The molecule has 0 saturated carbocycles. The molecule has 0 fully saturated rings. The molecule has 0 aromatic heterocycles. The van der Waals surface area contributed by atoms with E-state index in [4.69, 9.17) is 4.74 Å². The second-order valence-electron chi connectivity index (χ2n) is 3.46. The van der Waals surface area contributed by atoms with Crippen LogP contribution in [0.25, 0.3) is 0 Å². The summed E-state index contributed by atoms with van der Waals surface area (Å²) in [5, 5.41) is 0. The summed E-state index contributed by atoms with van der Waals surface area (Å²) in [6, 6.07) is 1.94. The SMILES string of the molecule is COc1cc(Br)c2c(c1C)C(=O)CC2. The summed E-state index contributed by atoms with van der Waals surface area (Å²) in [5.41, 5.74) is 2.96. The largest absolute Gasteiger partial charge is 0.496 e. The minimum absolute atomic E-state index is 0.233. The zero-order valence-corrected chi connectivity index (χ0v) is 9.77. The maximum atomic E-state index is 11.6. The van der Waals surface area contributed by atoms with Gasteiger partial charge in [-0.2, -0.15) is 0 Å². The molecule has 0 N–H and O–H groups in total. The standard InChI is InChI=1S/C11H11BrO2/c1-6-10(14-2)5-8(12)7-3-4-9(13)11(6)7/h5H,3-4H2,1-2H3. The molecule has 0 aliphatic heterocycles. The van der Waals surface area contributed by atoms with E-state index in [2.05, 4.69) is 15.9 Å². The van der Waals surface area contributed by atoms with Crippen molar-refractivity contribution >= 4 is 21.7 Å². The number of Topliss-reactive ketones (excluding diaryl/α,β-unsaturated/α-hetero) is 1. The van der Waals surface area contributed by atoms with Crippen LogP contribution < -0.4 is 4.74 Å². The summed E-state index contributed by atoms with van der Waals surface area (Å²) in [6.07, 6.45) is 1.47. The van der Waals surface area contributed by atoms with Crippen molar-refractivity contribution in [3.63, 3.8) is 0 Å². The highest BCUT2D eigenvalue weighted by Gasteiger charge is 2.25. The number of rotatable bonds is 1. The van der Waals surface area contributed by atoms with Crippen molar-refractivity contribution in [1.82, 2.24) is 0 Å². The zero-order chi connectivity index (χ0) is 10.3. The molecule has 1 aliphatic carbocycles. The van der Waals surface area contributed by atoms with Gasteiger partial charge >= 0.3 is 0 Å². The molecule has 0 heterocycles. The zero-order valence-electron chi connectivity index (χ0n) is 8.19. The second kappa shape index (κ2) is 3.39. The van der Waals surface area contributed by atoms with Crippen LogP contribution in [0.1, 0.15) is 27.9 Å². The fourth-order valence-corrected chi connectivity index (χ4v) is 2.58. The fraction of sp³-hybridized carbons (Fsp3) is 0.364. The van der Waals surface area contributed by atoms with Crippen molar-refractivity contribution in [3.8, 4) is 5.75 Å². The molecule has 0 amide bonds. The normalized spacial score (nSPS) is 14.4. The van der Waals surface area contributed by atoms with Crippen molar-refractivity contribution in [2.45, 2.75) is 19.8 Å². The van der Waals surface area contributed by atoms with Crippen LogP contribution in [0.3, 0.4) is 0 Å². The number of halogens is 1. The Balaban J connectivity index is 2.71. The topological polar surface area (TPSA) is 26.3 Å². The van der Waals surface area contributed by atoms with Crippen LogP contribution in [0.15, 0.2) is 10.5 Å². The Hall–Kier alpha value is -0.830. The fourth-order valence-electron chi connectivity index (χ4n) is 1.98. The quantitative estimate of drug-likeness (QED) is 0.771. The first kappa shape index (κ1) is 9.71. The third-order valence-corrected chi connectivity index (χ3v) is 3.40. The molecule has 0 bridgehead atoms. The number of hydrogen-bond acceptors (Lipinski definition) is 2. The molecule has 2 rings (SSSR count). The molecular formula is C11H11BrO2. The minimum atomic E-state index is 0.233. The van der Waals surface area contributed by atoms with Gasteiger partial charge in [0.1, 0.15) is 5.75 Å². The van der Waals surface area contributed by atoms with E-state index in [1.54, 1.807) is 7.11 Å². The molecule has 74 valence electrons. The third-order valence-electron chi connectivity index (χ3n) is 2.69. The Morgan fingerprint density at radius 2 is 2.14 bits per heavy atom. The van der Waals surface area contributed by atoms with E-state index >= 15 is 0 Å². The van der Waals surface area contributed by atoms with Gasteiger partial charge in [0.05, 0.1) is 7.11 Å². The number of ketones is 1. The molecule has 1 aromatic rings. The smallest absolute Gasteiger partial charge is 0.163 e. The van der Waals surface area contributed by atoms with Gasteiger partial charge in [0.2, 0.25) is 0 Å². The van der Waals surface area contributed by atoms with Gasteiger partial charge in [-0.05, 0) is 25.0 Å². The Bertz CT molecular complexity index is 410. The van der Waals surface area contributed by atoms with Crippen molar-refractivity contribution in [3.05, 3.63) is 27.2 Å². The number of carbonyl (C=O) groups is 1. The molecule has 1 aromatic carbocycles. The first-order valence-corrected chi connectivity index (χ1v) is 5.33. The Morgan fingerprint density at radius 1 is 1.43 bits per heavy atom. The average Bonchev–Trinajstić information content (AvgIpc) is 2.54. The first-order chi connectivity index (χ1) is 6.65. The van der Waals surface area contributed by atoms with E-state index in [1.165, 1.54) is 0 Å². The average molecular weight is 255 g/mol. The number of ether oxygens (including phenoxy) is 1. The van der Waals surface area contributed by atoms with Crippen molar-refractivity contribution in [1.29, 1.82) is 0 Å². The lowest BCUT2D eigenvalue weighted by atomic mass is 10.0. The maximum absolute atomic E-state index is 11.6. The monoisotopic (exact) mass is 254 g/mol. The molecule has 0 spiro atoms. The van der Waals surface area contributed by atoms with E-state index in [9.17, 15) is 4.79 Å². The summed E-state index contributed by atoms with van der Waals surface area (Å²) in [7, 11) is 1.63. The van der Waals surface area contributed by atoms with E-state index < -0.39 is 0 Å². The van der Waals surface area contributed by atoms with Crippen molar-refractivity contribution < 1.29 is 9.53 Å². The molecule has 0 unspecified atom stereocenters. The highest BCUT2D eigenvalue weighted by molar-refractivity contribution is 9.10. The number of benzene rings is 1. The van der Waals surface area contributed by atoms with Crippen LogP contribution in [-0.4, -0.2) is 12.9 Å². The van der Waals surface area contributed by atoms with E-state index in [0.717, 1.165) is 33.3 Å². The van der Waals surface area contributed by atoms with Gasteiger partial charge < -0.3 is 4.74 Å². The van der Waals surface area contributed by atoms with Crippen LogP contribution >= 0.6 is 15.9 Å². The van der Waals surface area contributed by atoms with E-state index in [1.807, 2.05) is 13.0 Å². The number of methoxy groups -OCH3 is 1. The number of hydrogen-bond donors (Lipinski definition) is 0. The summed E-state index contributed by atoms with van der Waals surface area (Å²) < 4.78 is 6.20. The molecule has 0 saturated heterocycles. The molecule has 14 heavy (non-hydrogen) atoms. The highest BCUT2D eigenvalue weighted by atomic mass is 79.9. The van der Waals surface area contributed by atoms with Gasteiger partial charge in [-0.3, -0.25) is 4.79 Å². The van der Waals surface area contributed by atoms with Gasteiger partial charge in [0, 0.05) is 22.0 Å². The van der Waals surface area contributed by atoms with Crippen LogP contribution in [0.2, 0.25) is 0 Å². The lowest BCUT2D eigenvalue weighted by Gasteiger charge is -2.10. The molecular weight excluding hydrogens is 244 g/mol. The lowest BCUT2D eigenvalue weighted by Crippen LogP contribution is -1.99. The summed E-state index contributed by atoms with van der Waals surface area (Å²) in [4.78, 5) is 11.6. The molecule has 0 radical (unpaired) electrons. The Kier molecular flexibility index (Phi) is 2.35. The Morgan fingerprint density at radius 3 is 2.79 bits per heavy atom. The minimum Gasteiger partial charge on any atom is -0.496 e. The van der Waals surface area contributed by atoms with Gasteiger partial charge in [0.25, 0.3) is 0 Å². The molecule has 3 heteroatoms. The molecule has 2 nitrogen and oxygen atoms in total. The maximum Gasteiger partial charge on any atom is 0.163 e. The highest BCUT2D eigenvalue weighted by Crippen LogP contribution is 2.36. The van der Waals surface area contributed by atoms with Crippen LogP contribution in [0.4, 0.5) is 0 Å². The summed E-state index contributed by atoms with van der Waals surface area (Å²) in [5.74, 6) is 1.02. The van der Waals surface area contributed by atoms with Crippen LogP contribution in [0, 0.1) is 6.92 Å².